The maximum absolute atomic E-state index is 12.8. The number of rotatable bonds is 44. The molecule has 1 saturated heterocycles. The van der Waals surface area contributed by atoms with E-state index in [4.69, 9.17) is 18.9 Å². The zero-order valence-electron chi connectivity index (χ0n) is 41.2. The van der Waals surface area contributed by atoms with E-state index < -0.39 is 43.4 Å². The lowest BCUT2D eigenvalue weighted by Crippen LogP contribution is -2.59. The number of carbonyl (C=O) groups excluding carboxylic acids is 1. The van der Waals surface area contributed by atoms with Gasteiger partial charge in [0.1, 0.15) is 30.5 Å². The molecule has 0 radical (unpaired) electrons. The third kappa shape index (κ3) is 37.1. The van der Waals surface area contributed by atoms with Crippen LogP contribution in [0.5, 0.6) is 0 Å². The van der Waals surface area contributed by atoms with Crippen LogP contribution in [0, 0.1) is 0 Å². The van der Waals surface area contributed by atoms with Crippen molar-refractivity contribution in [3.63, 3.8) is 0 Å². The van der Waals surface area contributed by atoms with Crippen LogP contribution in [-0.2, 0) is 23.7 Å². The Bertz CT molecular complexity index is 1270. The summed E-state index contributed by atoms with van der Waals surface area (Å²) >= 11 is 0. The summed E-state index contributed by atoms with van der Waals surface area (Å²) in [5.74, 6) is -0.327. The van der Waals surface area contributed by atoms with Crippen molar-refractivity contribution < 1.29 is 44.2 Å². The number of allylic oxidation sites excluding steroid dienone is 14. The van der Waals surface area contributed by atoms with Crippen molar-refractivity contribution in [3.8, 4) is 0 Å². The van der Waals surface area contributed by atoms with E-state index in [2.05, 4.69) is 98.9 Å². The van der Waals surface area contributed by atoms with Crippen molar-refractivity contribution in [1.82, 2.24) is 0 Å². The van der Waals surface area contributed by atoms with Crippen LogP contribution < -0.4 is 0 Å². The molecule has 9 nitrogen and oxygen atoms in total. The van der Waals surface area contributed by atoms with Gasteiger partial charge in [0.2, 0.25) is 0 Å². The Kier molecular flexibility index (Phi) is 43.2. The van der Waals surface area contributed by atoms with Gasteiger partial charge in [-0.05, 0) is 89.9 Å². The van der Waals surface area contributed by atoms with Gasteiger partial charge in [0.05, 0.1) is 19.8 Å². The minimum atomic E-state index is -1.54. The lowest BCUT2D eigenvalue weighted by Gasteiger charge is -2.39. The first-order valence-corrected chi connectivity index (χ1v) is 26.2. The fourth-order valence-corrected chi connectivity index (χ4v) is 7.49. The van der Waals surface area contributed by atoms with E-state index in [1.165, 1.54) is 83.5 Å². The van der Waals surface area contributed by atoms with Gasteiger partial charge >= 0.3 is 5.97 Å². The Balaban J connectivity index is 2.22. The van der Waals surface area contributed by atoms with E-state index >= 15 is 0 Å². The molecule has 1 rings (SSSR count). The second-order valence-corrected chi connectivity index (χ2v) is 17.6. The van der Waals surface area contributed by atoms with Crippen LogP contribution in [0.25, 0.3) is 0 Å². The summed E-state index contributed by atoms with van der Waals surface area (Å²) in [7, 11) is 0. The Morgan fingerprint density at radius 3 is 1.42 bits per heavy atom. The zero-order valence-corrected chi connectivity index (χ0v) is 41.2. The summed E-state index contributed by atoms with van der Waals surface area (Å²) in [4.78, 5) is 12.8. The average Bonchev–Trinajstić information content (AvgIpc) is 3.31. The second kappa shape index (κ2) is 46.5. The van der Waals surface area contributed by atoms with Crippen LogP contribution in [0.15, 0.2) is 85.1 Å². The van der Waals surface area contributed by atoms with Gasteiger partial charge in [-0.3, -0.25) is 4.79 Å². The Hall–Kier alpha value is -2.63. The van der Waals surface area contributed by atoms with Crippen LogP contribution in [0.4, 0.5) is 0 Å². The Labute approximate surface area is 397 Å². The Morgan fingerprint density at radius 2 is 0.938 bits per heavy atom. The van der Waals surface area contributed by atoms with Gasteiger partial charge in [-0.15, -0.1) is 0 Å². The number of esters is 1. The fourth-order valence-electron chi connectivity index (χ4n) is 7.49. The molecule has 374 valence electrons. The van der Waals surface area contributed by atoms with Crippen molar-refractivity contribution in [3.05, 3.63) is 85.1 Å². The summed E-state index contributed by atoms with van der Waals surface area (Å²) < 4.78 is 22.9. The largest absolute Gasteiger partial charge is 0.457 e. The molecule has 6 unspecified atom stereocenters. The predicted molar refractivity (Wildman–Crippen MR) is 270 cm³/mol. The van der Waals surface area contributed by atoms with Gasteiger partial charge in [-0.1, -0.05) is 189 Å². The molecule has 4 N–H and O–H groups in total. The van der Waals surface area contributed by atoms with Crippen molar-refractivity contribution in [1.29, 1.82) is 0 Å². The maximum Gasteiger partial charge on any atom is 0.306 e. The third-order valence-corrected chi connectivity index (χ3v) is 11.5. The Morgan fingerprint density at radius 1 is 0.508 bits per heavy atom. The zero-order chi connectivity index (χ0) is 47.1. The highest BCUT2D eigenvalue weighted by molar-refractivity contribution is 5.69. The first kappa shape index (κ1) is 60.4. The van der Waals surface area contributed by atoms with E-state index in [0.29, 0.717) is 13.0 Å². The monoisotopic (exact) mass is 913 g/mol. The van der Waals surface area contributed by atoms with Gasteiger partial charge in [0, 0.05) is 13.0 Å². The minimum absolute atomic E-state index is 0.124. The number of carbonyl (C=O) groups is 1. The molecule has 9 heteroatoms. The first-order chi connectivity index (χ1) is 31.9. The molecule has 1 heterocycles. The summed E-state index contributed by atoms with van der Waals surface area (Å²) in [6.45, 7) is 4.40. The van der Waals surface area contributed by atoms with Crippen LogP contribution >= 0.6 is 0 Å². The van der Waals surface area contributed by atoms with Crippen LogP contribution in [-0.4, -0.2) is 89.6 Å². The minimum Gasteiger partial charge on any atom is -0.457 e. The molecule has 0 spiro atoms. The number of unbranched alkanes of at least 4 members (excludes halogenated alkanes) is 19. The van der Waals surface area contributed by atoms with Crippen molar-refractivity contribution in [2.75, 3.05) is 26.4 Å². The smallest absolute Gasteiger partial charge is 0.306 e. The molecule has 0 aromatic carbocycles. The maximum atomic E-state index is 12.8. The normalized spacial score (nSPS) is 20.1. The van der Waals surface area contributed by atoms with Crippen molar-refractivity contribution in [2.45, 2.75) is 237 Å². The van der Waals surface area contributed by atoms with Gasteiger partial charge < -0.3 is 39.4 Å². The van der Waals surface area contributed by atoms with Crippen LogP contribution in [0.1, 0.15) is 200 Å². The molecule has 1 fully saturated rings. The highest BCUT2D eigenvalue weighted by Crippen LogP contribution is 2.23. The SMILES string of the molecule is CC/C=C\C/C=C\C/C=C\C/C=C\C/C=C\CCCCCCCCCCOCC(COC1OC(CO)C(O)C(O)C1O)OC(=O)CCCCCCCCC/C=C\C/C=C\CCCCCC. The summed E-state index contributed by atoms with van der Waals surface area (Å²) in [5.41, 5.74) is 0. The fraction of sp³-hybridized carbons (Fsp3) is 0.732. The number of aliphatic hydroxyl groups excluding tert-OH is 4. The van der Waals surface area contributed by atoms with Crippen LogP contribution in [0.2, 0.25) is 0 Å². The van der Waals surface area contributed by atoms with E-state index in [9.17, 15) is 25.2 Å². The molecule has 6 atom stereocenters. The topological polar surface area (TPSA) is 135 Å². The second-order valence-electron chi connectivity index (χ2n) is 17.6. The highest BCUT2D eigenvalue weighted by atomic mass is 16.7. The molecule has 0 bridgehead atoms. The lowest BCUT2D eigenvalue weighted by molar-refractivity contribution is -0.305. The van der Waals surface area contributed by atoms with E-state index in [0.717, 1.165) is 96.3 Å². The van der Waals surface area contributed by atoms with Gasteiger partial charge in [-0.2, -0.15) is 0 Å². The van der Waals surface area contributed by atoms with Crippen LogP contribution in [0.3, 0.4) is 0 Å². The highest BCUT2D eigenvalue weighted by Gasteiger charge is 2.44. The molecule has 0 aromatic rings. The van der Waals surface area contributed by atoms with Crippen molar-refractivity contribution in [2.24, 2.45) is 0 Å². The third-order valence-electron chi connectivity index (χ3n) is 11.5. The molecule has 0 aromatic heterocycles. The summed E-state index contributed by atoms with van der Waals surface area (Å²) in [6.07, 6.45) is 56.1. The molecule has 0 saturated carbocycles. The molecule has 0 aliphatic carbocycles. The van der Waals surface area contributed by atoms with E-state index in [1.807, 2.05) is 0 Å². The number of hydrogen-bond donors (Lipinski definition) is 4. The molecular formula is C56H96O9. The predicted octanol–water partition coefficient (Wildman–Crippen LogP) is 13.0. The summed E-state index contributed by atoms with van der Waals surface area (Å²) in [6, 6.07) is 0. The van der Waals surface area contributed by atoms with E-state index in [-0.39, 0.29) is 19.2 Å². The molecular weight excluding hydrogens is 817 g/mol. The number of ether oxygens (including phenoxy) is 4. The molecule has 0 amide bonds. The number of aliphatic hydroxyl groups is 4. The quantitative estimate of drug-likeness (QED) is 0.0268. The average molecular weight is 913 g/mol. The standard InChI is InChI=1S/C56H96O9/c1-3-5-7-9-11-13-15-17-19-21-23-24-25-26-27-28-30-32-34-36-38-40-42-44-46-62-48-50(49-63-56-55(61)54(60)53(59)51(47-57)65-56)64-52(58)45-43-41-39-37-35-33-31-29-22-20-18-16-14-12-10-8-6-4-2/h5,7,11,13-14,16-17,19-20,22-24,26-27,50-51,53-57,59-61H,3-4,6,8-10,12,15,18,21,25,28-49H2,1-2H3/b7-5-,13-11-,16-14-,19-17-,22-20-,24-23-,27-26-. The summed E-state index contributed by atoms with van der Waals surface area (Å²) in [5, 5.41) is 40.3. The molecule has 1 aliphatic heterocycles. The first-order valence-electron chi connectivity index (χ1n) is 26.2. The van der Waals surface area contributed by atoms with E-state index in [1.54, 1.807) is 0 Å². The lowest BCUT2D eigenvalue weighted by atomic mass is 9.99. The van der Waals surface area contributed by atoms with Gasteiger partial charge in [-0.25, -0.2) is 0 Å². The molecule has 1 aliphatic rings. The van der Waals surface area contributed by atoms with Gasteiger partial charge in [0.25, 0.3) is 0 Å². The molecule has 65 heavy (non-hydrogen) atoms. The van der Waals surface area contributed by atoms with Crippen molar-refractivity contribution >= 4 is 5.97 Å². The number of hydrogen-bond acceptors (Lipinski definition) is 9. The van der Waals surface area contributed by atoms with Gasteiger partial charge in [0.15, 0.2) is 6.29 Å².